The van der Waals surface area contributed by atoms with Crippen molar-refractivity contribution in [3.63, 3.8) is 0 Å². The van der Waals surface area contributed by atoms with E-state index in [9.17, 15) is 4.79 Å². The molecule has 2 heteroatoms. The lowest BCUT2D eigenvalue weighted by molar-refractivity contribution is -0.125. The second-order valence-corrected chi connectivity index (χ2v) is 5.09. The molecule has 2 aliphatic carbocycles. The van der Waals surface area contributed by atoms with Gasteiger partial charge in [-0.2, -0.15) is 0 Å². The zero-order chi connectivity index (χ0) is 10.1. The molecule has 0 spiro atoms. The van der Waals surface area contributed by atoms with Crippen LogP contribution in [0.15, 0.2) is 0 Å². The first-order valence-electron chi connectivity index (χ1n) is 5.94. The van der Waals surface area contributed by atoms with Gasteiger partial charge in [0.1, 0.15) is 0 Å². The fourth-order valence-corrected chi connectivity index (χ4v) is 3.46. The molecule has 2 fully saturated rings. The van der Waals surface area contributed by atoms with Crippen molar-refractivity contribution in [2.24, 2.45) is 23.7 Å². The summed E-state index contributed by atoms with van der Waals surface area (Å²) in [6.45, 7) is 2.09. The van der Waals surface area contributed by atoms with Gasteiger partial charge in [0, 0.05) is 13.0 Å². The van der Waals surface area contributed by atoms with Gasteiger partial charge in [-0.05, 0) is 30.6 Å². The lowest BCUT2D eigenvalue weighted by Gasteiger charge is -2.18. The van der Waals surface area contributed by atoms with E-state index in [2.05, 4.69) is 12.2 Å². The number of hydrogen-bond donors (Lipinski definition) is 1. The van der Waals surface area contributed by atoms with Crippen LogP contribution in [0.1, 0.15) is 39.0 Å². The molecule has 0 aromatic rings. The van der Waals surface area contributed by atoms with Gasteiger partial charge in [-0.3, -0.25) is 4.79 Å². The van der Waals surface area contributed by atoms with Crippen molar-refractivity contribution in [2.75, 3.05) is 7.05 Å². The van der Waals surface area contributed by atoms with Gasteiger partial charge in [0.15, 0.2) is 0 Å². The maximum absolute atomic E-state index is 11.5. The Morgan fingerprint density at radius 1 is 1.29 bits per heavy atom. The van der Waals surface area contributed by atoms with Crippen molar-refractivity contribution in [3.05, 3.63) is 0 Å². The number of hydrogen-bond acceptors (Lipinski definition) is 1. The van der Waals surface area contributed by atoms with Crippen molar-refractivity contribution in [1.29, 1.82) is 0 Å². The maximum atomic E-state index is 11.5. The number of rotatable bonds is 2. The number of amides is 1. The summed E-state index contributed by atoms with van der Waals surface area (Å²) >= 11 is 0. The van der Waals surface area contributed by atoms with E-state index < -0.39 is 0 Å². The third-order valence-corrected chi connectivity index (χ3v) is 4.39. The molecule has 0 aromatic heterocycles. The Morgan fingerprint density at radius 2 is 1.86 bits per heavy atom. The highest BCUT2D eigenvalue weighted by Crippen LogP contribution is 2.48. The fraction of sp³-hybridized carbons (Fsp3) is 0.917. The minimum absolute atomic E-state index is 0.227. The molecular formula is C12H21NO. The van der Waals surface area contributed by atoms with Gasteiger partial charge in [-0.1, -0.05) is 26.2 Å². The van der Waals surface area contributed by atoms with Crippen LogP contribution in [0.5, 0.6) is 0 Å². The zero-order valence-electron chi connectivity index (χ0n) is 9.25. The van der Waals surface area contributed by atoms with Gasteiger partial charge in [-0.15, -0.1) is 0 Å². The summed E-state index contributed by atoms with van der Waals surface area (Å²) in [5, 5.41) is 2.77. The predicted molar refractivity (Wildman–Crippen MR) is 56.8 cm³/mol. The topological polar surface area (TPSA) is 29.1 Å². The molecule has 14 heavy (non-hydrogen) atoms. The summed E-state index contributed by atoms with van der Waals surface area (Å²) in [7, 11) is 1.74. The number of carbonyl (C=O) groups excluding carboxylic acids is 1. The maximum Gasteiger partial charge on any atom is 0.222 e. The first-order chi connectivity index (χ1) is 6.72. The highest BCUT2D eigenvalue weighted by atomic mass is 16.1. The average Bonchev–Trinajstić information content (AvgIpc) is 2.74. The van der Waals surface area contributed by atoms with Gasteiger partial charge >= 0.3 is 0 Å². The summed E-state index contributed by atoms with van der Waals surface area (Å²) < 4.78 is 0. The quantitative estimate of drug-likeness (QED) is 0.719. The predicted octanol–water partition coefficient (Wildman–Crippen LogP) is 2.19. The molecule has 0 aliphatic heterocycles. The molecule has 2 unspecified atom stereocenters. The molecule has 4 atom stereocenters. The Bertz CT molecular complexity index is 214. The van der Waals surface area contributed by atoms with Crippen LogP contribution in [0.25, 0.3) is 0 Å². The van der Waals surface area contributed by atoms with E-state index in [1.807, 2.05) is 0 Å². The SMILES string of the molecule is CNC(=O)[C@@H](C)C1CC2CCC[C@H]2C1. The van der Waals surface area contributed by atoms with Gasteiger partial charge < -0.3 is 5.32 Å². The van der Waals surface area contributed by atoms with E-state index in [1.165, 1.54) is 32.1 Å². The summed E-state index contributed by atoms with van der Waals surface area (Å²) in [5.41, 5.74) is 0. The zero-order valence-corrected chi connectivity index (χ0v) is 9.25. The minimum atomic E-state index is 0.227. The number of nitrogens with one attached hydrogen (secondary N) is 1. The number of fused-ring (bicyclic) bond motifs is 1. The van der Waals surface area contributed by atoms with Gasteiger partial charge in [0.25, 0.3) is 0 Å². The van der Waals surface area contributed by atoms with Gasteiger partial charge in [0.2, 0.25) is 5.91 Å². The van der Waals surface area contributed by atoms with E-state index in [1.54, 1.807) is 7.05 Å². The second kappa shape index (κ2) is 3.92. The molecule has 0 aromatic carbocycles. The molecule has 0 heterocycles. The third-order valence-electron chi connectivity index (χ3n) is 4.39. The molecule has 2 rings (SSSR count). The summed E-state index contributed by atoms with van der Waals surface area (Å²) in [5.74, 6) is 3.02. The van der Waals surface area contributed by atoms with Crippen molar-refractivity contribution >= 4 is 5.91 Å². The smallest absolute Gasteiger partial charge is 0.222 e. The van der Waals surface area contributed by atoms with E-state index in [-0.39, 0.29) is 11.8 Å². The van der Waals surface area contributed by atoms with E-state index in [0.717, 1.165) is 11.8 Å². The third kappa shape index (κ3) is 1.67. The Hall–Kier alpha value is -0.530. The van der Waals surface area contributed by atoms with Crippen LogP contribution >= 0.6 is 0 Å². The Morgan fingerprint density at radius 3 is 2.36 bits per heavy atom. The fourth-order valence-electron chi connectivity index (χ4n) is 3.46. The van der Waals surface area contributed by atoms with Gasteiger partial charge in [-0.25, -0.2) is 0 Å². The summed E-state index contributed by atoms with van der Waals surface area (Å²) in [4.78, 5) is 11.5. The highest BCUT2D eigenvalue weighted by molar-refractivity contribution is 5.78. The van der Waals surface area contributed by atoms with Crippen molar-refractivity contribution < 1.29 is 4.79 Å². The molecule has 2 saturated carbocycles. The Kier molecular flexibility index (Phi) is 2.80. The molecule has 80 valence electrons. The van der Waals surface area contributed by atoms with Crippen LogP contribution in [0.2, 0.25) is 0 Å². The normalized spacial score (nSPS) is 38.0. The van der Waals surface area contributed by atoms with Crippen molar-refractivity contribution in [1.82, 2.24) is 5.32 Å². The molecule has 2 nitrogen and oxygen atoms in total. The molecule has 0 saturated heterocycles. The van der Waals surface area contributed by atoms with Crippen LogP contribution in [0.3, 0.4) is 0 Å². The first-order valence-corrected chi connectivity index (χ1v) is 5.94. The minimum Gasteiger partial charge on any atom is -0.359 e. The summed E-state index contributed by atoms with van der Waals surface area (Å²) in [6, 6.07) is 0. The Labute approximate surface area is 86.5 Å². The van der Waals surface area contributed by atoms with Crippen LogP contribution in [0.4, 0.5) is 0 Å². The molecule has 1 amide bonds. The van der Waals surface area contributed by atoms with E-state index in [0.29, 0.717) is 5.92 Å². The van der Waals surface area contributed by atoms with Crippen LogP contribution in [0, 0.1) is 23.7 Å². The largest absolute Gasteiger partial charge is 0.359 e. The van der Waals surface area contributed by atoms with Crippen molar-refractivity contribution in [3.8, 4) is 0 Å². The monoisotopic (exact) mass is 195 g/mol. The van der Waals surface area contributed by atoms with Crippen LogP contribution in [-0.4, -0.2) is 13.0 Å². The summed E-state index contributed by atoms with van der Waals surface area (Å²) in [6.07, 6.45) is 6.87. The van der Waals surface area contributed by atoms with Gasteiger partial charge in [0.05, 0.1) is 0 Å². The first kappa shape index (κ1) is 10.0. The standard InChI is InChI=1S/C12H21NO/c1-8(12(14)13-2)11-6-9-4-3-5-10(9)7-11/h8-11H,3-7H2,1-2H3,(H,13,14)/t8-,9-,10?,11?/m0/s1. The molecule has 0 radical (unpaired) electrons. The van der Waals surface area contributed by atoms with E-state index in [4.69, 9.17) is 0 Å². The molecule has 0 bridgehead atoms. The molecule has 2 aliphatic rings. The van der Waals surface area contributed by atoms with Crippen LogP contribution in [-0.2, 0) is 4.79 Å². The van der Waals surface area contributed by atoms with Crippen molar-refractivity contribution in [2.45, 2.75) is 39.0 Å². The van der Waals surface area contributed by atoms with E-state index >= 15 is 0 Å². The lowest BCUT2D eigenvalue weighted by Crippen LogP contribution is -2.29. The highest BCUT2D eigenvalue weighted by Gasteiger charge is 2.40. The second-order valence-electron chi connectivity index (χ2n) is 5.09. The van der Waals surface area contributed by atoms with Crippen LogP contribution < -0.4 is 5.32 Å². The lowest BCUT2D eigenvalue weighted by atomic mass is 9.89. The Balaban J connectivity index is 1.92. The number of carbonyl (C=O) groups is 1. The average molecular weight is 195 g/mol. The molecular weight excluding hydrogens is 174 g/mol. The molecule has 1 N–H and O–H groups in total.